The Labute approximate surface area is 153 Å². The molecule has 0 radical (unpaired) electrons. The van der Waals surface area contributed by atoms with Gasteiger partial charge in [0, 0.05) is 18.3 Å². The van der Waals surface area contributed by atoms with Crippen LogP contribution in [0.5, 0.6) is 0 Å². The number of nitrogens with zero attached hydrogens (tertiary/aromatic N) is 1. The number of hydrogen-bond acceptors (Lipinski definition) is 2. The summed E-state index contributed by atoms with van der Waals surface area (Å²) in [4.78, 5) is 11.7. The Morgan fingerprint density at radius 3 is 2.59 bits per heavy atom. The highest BCUT2D eigenvalue weighted by Crippen LogP contribution is 2.32. The standard InChI is InChI=1S/C20H17F3N2O2/c1-12(2)16-7-5-14(20(21,22)23)10-13(16)11-24-17-8-6-15-4-3-9-25(15)18(17)19(26)27/h3-10,24H,1,11H2,2H3,(H,26,27). The SMILES string of the molecule is C=C(C)c1ccc(C(F)(F)F)cc1CNc1ccc2cccn2c1C(=O)O. The molecular weight excluding hydrogens is 357 g/mol. The van der Waals surface area contributed by atoms with Crippen LogP contribution in [0.4, 0.5) is 18.9 Å². The lowest BCUT2D eigenvalue weighted by molar-refractivity contribution is -0.137. The van der Waals surface area contributed by atoms with Gasteiger partial charge in [-0.3, -0.25) is 0 Å². The predicted octanol–water partition coefficient (Wildman–Crippen LogP) is 5.30. The van der Waals surface area contributed by atoms with Crippen LogP contribution in [-0.2, 0) is 12.7 Å². The minimum atomic E-state index is -4.46. The Kier molecular flexibility index (Phi) is 4.70. The molecule has 0 aliphatic carbocycles. The zero-order chi connectivity index (χ0) is 19.8. The lowest BCUT2D eigenvalue weighted by atomic mass is 9.98. The number of anilines is 1. The van der Waals surface area contributed by atoms with E-state index in [0.29, 0.717) is 27.9 Å². The monoisotopic (exact) mass is 374 g/mol. The highest BCUT2D eigenvalue weighted by Gasteiger charge is 2.31. The van der Waals surface area contributed by atoms with Crippen molar-refractivity contribution in [3.63, 3.8) is 0 Å². The molecule has 0 bridgehead atoms. The molecule has 4 nitrogen and oxygen atoms in total. The van der Waals surface area contributed by atoms with Gasteiger partial charge >= 0.3 is 12.1 Å². The topological polar surface area (TPSA) is 53.7 Å². The number of benzene rings is 1. The van der Waals surface area contributed by atoms with Crippen LogP contribution >= 0.6 is 0 Å². The van der Waals surface area contributed by atoms with Crippen LogP contribution in [0.1, 0.15) is 34.1 Å². The van der Waals surface area contributed by atoms with Crippen molar-refractivity contribution in [2.75, 3.05) is 5.32 Å². The molecule has 27 heavy (non-hydrogen) atoms. The van der Waals surface area contributed by atoms with Gasteiger partial charge in [-0.05, 0) is 54.4 Å². The number of carboxylic acids is 1. The van der Waals surface area contributed by atoms with Crippen LogP contribution in [0.15, 0.2) is 55.2 Å². The number of aromatic carboxylic acids is 1. The molecule has 0 fully saturated rings. The zero-order valence-electron chi connectivity index (χ0n) is 14.5. The molecule has 2 aromatic heterocycles. The predicted molar refractivity (Wildman–Crippen MR) is 97.8 cm³/mol. The second-order valence-electron chi connectivity index (χ2n) is 6.21. The van der Waals surface area contributed by atoms with E-state index in [4.69, 9.17) is 0 Å². The normalized spacial score (nSPS) is 11.6. The molecule has 0 spiro atoms. The number of rotatable bonds is 5. The Bertz CT molecular complexity index is 1040. The Morgan fingerprint density at radius 1 is 1.22 bits per heavy atom. The van der Waals surface area contributed by atoms with E-state index in [2.05, 4.69) is 11.9 Å². The molecule has 7 heteroatoms. The van der Waals surface area contributed by atoms with E-state index in [0.717, 1.165) is 12.1 Å². The Hall–Kier alpha value is -3.22. The lowest BCUT2D eigenvalue weighted by Gasteiger charge is -2.16. The molecule has 3 rings (SSSR count). The smallest absolute Gasteiger partial charge is 0.416 e. The van der Waals surface area contributed by atoms with Crippen molar-refractivity contribution in [2.24, 2.45) is 0 Å². The molecule has 0 saturated heterocycles. The number of fused-ring (bicyclic) bond motifs is 1. The van der Waals surface area contributed by atoms with Gasteiger partial charge in [0.1, 0.15) is 0 Å². The summed E-state index contributed by atoms with van der Waals surface area (Å²) in [7, 11) is 0. The summed E-state index contributed by atoms with van der Waals surface area (Å²) in [5, 5.41) is 12.5. The van der Waals surface area contributed by atoms with Crippen molar-refractivity contribution >= 4 is 22.7 Å². The minimum absolute atomic E-state index is 0.0151. The molecule has 0 aliphatic heterocycles. The number of carboxylic acid groups (broad SMARTS) is 1. The molecule has 0 saturated carbocycles. The largest absolute Gasteiger partial charge is 0.476 e. The van der Waals surface area contributed by atoms with Gasteiger partial charge in [-0.2, -0.15) is 13.2 Å². The molecule has 0 aliphatic rings. The fourth-order valence-electron chi connectivity index (χ4n) is 2.99. The third-order valence-electron chi connectivity index (χ3n) is 4.26. The number of hydrogen-bond donors (Lipinski definition) is 2. The van der Waals surface area contributed by atoms with E-state index in [1.807, 2.05) is 0 Å². The van der Waals surface area contributed by atoms with E-state index in [1.165, 1.54) is 10.5 Å². The summed E-state index contributed by atoms with van der Waals surface area (Å²) in [6.45, 7) is 5.54. The lowest BCUT2D eigenvalue weighted by Crippen LogP contribution is -2.12. The number of nitrogens with one attached hydrogen (secondary N) is 1. The van der Waals surface area contributed by atoms with Crippen molar-refractivity contribution in [2.45, 2.75) is 19.6 Å². The first-order valence-electron chi connectivity index (χ1n) is 8.11. The number of alkyl halides is 3. The third-order valence-corrected chi connectivity index (χ3v) is 4.26. The molecule has 0 atom stereocenters. The maximum absolute atomic E-state index is 13.0. The summed E-state index contributed by atoms with van der Waals surface area (Å²) in [6.07, 6.45) is -2.84. The van der Waals surface area contributed by atoms with Crippen LogP contribution in [0.25, 0.3) is 11.1 Å². The van der Waals surface area contributed by atoms with Crippen LogP contribution in [0.3, 0.4) is 0 Å². The van der Waals surface area contributed by atoms with Gasteiger partial charge in [-0.1, -0.05) is 18.2 Å². The summed E-state index contributed by atoms with van der Waals surface area (Å²) in [5.74, 6) is -1.14. The Morgan fingerprint density at radius 2 is 1.96 bits per heavy atom. The number of carbonyl (C=O) groups is 1. The second-order valence-corrected chi connectivity index (χ2v) is 6.21. The zero-order valence-corrected chi connectivity index (χ0v) is 14.5. The number of pyridine rings is 1. The highest BCUT2D eigenvalue weighted by molar-refractivity contribution is 5.93. The molecule has 0 amide bonds. The number of allylic oxidation sites excluding steroid dienone is 1. The molecule has 1 aromatic carbocycles. The van der Waals surface area contributed by atoms with Gasteiger partial charge in [-0.25, -0.2) is 4.79 Å². The number of halogens is 3. The highest BCUT2D eigenvalue weighted by atomic mass is 19.4. The molecular formula is C20H17F3N2O2. The maximum atomic E-state index is 13.0. The average molecular weight is 374 g/mol. The third kappa shape index (κ3) is 3.67. The van der Waals surface area contributed by atoms with Crippen molar-refractivity contribution in [1.82, 2.24) is 4.40 Å². The molecule has 2 N–H and O–H groups in total. The first-order valence-corrected chi connectivity index (χ1v) is 8.11. The van der Waals surface area contributed by atoms with Gasteiger partial charge < -0.3 is 14.8 Å². The quantitative estimate of drug-likeness (QED) is 0.637. The summed E-state index contributed by atoms with van der Waals surface area (Å²) >= 11 is 0. The van der Waals surface area contributed by atoms with Crippen molar-refractivity contribution in [1.29, 1.82) is 0 Å². The molecule has 3 aromatic rings. The minimum Gasteiger partial charge on any atom is -0.476 e. The fraction of sp³-hybridized carbons (Fsp3) is 0.150. The average Bonchev–Trinajstić information content (AvgIpc) is 3.06. The van der Waals surface area contributed by atoms with Crippen molar-refractivity contribution < 1.29 is 23.1 Å². The van der Waals surface area contributed by atoms with Crippen LogP contribution in [0.2, 0.25) is 0 Å². The second kappa shape index (κ2) is 6.83. The first-order chi connectivity index (χ1) is 12.7. The van der Waals surface area contributed by atoms with E-state index in [9.17, 15) is 23.1 Å². The van der Waals surface area contributed by atoms with E-state index in [1.54, 1.807) is 37.4 Å². The van der Waals surface area contributed by atoms with Crippen LogP contribution < -0.4 is 5.32 Å². The van der Waals surface area contributed by atoms with Gasteiger partial charge in [0.05, 0.1) is 11.3 Å². The van der Waals surface area contributed by atoms with E-state index < -0.39 is 17.7 Å². The summed E-state index contributed by atoms with van der Waals surface area (Å²) in [5.41, 5.74) is 1.89. The maximum Gasteiger partial charge on any atom is 0.416 e. The van der Waals surface area contributed by atoms with Gasteiger partial charge in [-0.15, -0.1) is 0 Å². The molecule has 0 unspecified atom stereocenters. The van der Waals surface area contributed by atoms with Gasteiger partial charge in [0.25, 0.3) is 0 Å². The van der Waals surface area contributed by atoms with Gasteiger partial charge in [0.2, 0.25) is 0 Å². The molecule has 2 heterocycles. The van der Waals surface area contributed by atoms with Crippen molar-refractivity contribution in [3.8, 4) is 0 Å². The fourth-order valence-corrected chi connectivity index (χ4v) is 2.99. The van der Waals surface area contributed by atoms with Crippen LogP contribution in [-0.4, -0.2) is 15.5 Å². The van der Waals surface area contributed by atoms with Gasteiger partial charge in [0.15, 0.2) is 5.69 Å². The van der Waals surface area contributed by atoms with E-state index >= 15 is 0 Å². The van der Waals surface area contributed by atoms with Crippen molar-refractivity contribution in [3.05, 3.63) is 77.6 Å². The number of aromatic nitrogens is 1. The molecule has 140 valence electrons. The van der Waals surface area contributed by atoms with Crippen LogP contribution in [0, 0.1) is 0 Å². The Balaban J connectivity index is 1.99. The van der Waals surface area contributed by atoms with E-state index in [-0.39, 0.29) is 12.2 Å². The summed E-state index contributed by atoms with van der Waals surface area (Å²) in [6, 6.07) is 10.3. The summed E-state index contributed by atoms with van der Waals surface area (Å²) < 4.78 is 40.7. The first kappa shape index (κ1) is 18.6.